The Hall–Kier alpha value is -1.13. The van der Waals surface area contributed by atoms with E-state index in [9.17, 15) is 10.1 Å². The predicted octanol–water partition coefficient (Wildman–Crippen LogP) is 4.31. The molecule has 4 nitrogen and oxygen atoms in total. The van der Waals surface area contributed by atoms with Crippen LogP contribution in [0, 0.1) is 16.0 Å². The fourth-order valence-electron chi connectivity index (χ4n) is 2.88. The Balaban J connectivity index is 1.95. The SMILES string of the molecule is C[C@@H](NCc1cc([N+](=O)[O-])ccc1Cl)C1CCCCC1. The van der Waals surface area contributed by atoms with E-state index in [2.05, 4.69) is 12.2 Å². The number of hydrogen-bond acceptors (Lipinski definition) is 3. The van der Waals surface area contributed by atoms with Crippen LogP contribution in [0.5, 0.6) is 0 Å². The lowest BCUT2D eigenvalue weighted by molar-refractivity contribution is -0.384. The summed E-state index contributed by atoms with van der Waals surface area (Å²) >= 11 is 6.11. The lowest BCUT2D eigenvalue weighted by Gasteiger charge is -2.28. The van der Waals surface area contributed by atoms with Gasteiger partial charge in [0.15, 0.2) is 0 Å². The minimum absolute atomic E-state index is 0.0940. The van der Waals surface area contributed by atoms with Gasteiger partial charge in [-0.1, -0.05) is 30.9 Å². The van der Waals surface area contributed by atoms with Gasteiger partial charge in [-0.2, -0.15) is 0 Å². The number of nitro groups is 1. The zero-order chi connectivity index (χ0) is 14.5. The number of nitrogens with one attached hydrogen (secondary N) is 1. The Morgan fingerprint density at radius 2 is 2.10 bits per heavy atom. The molecule has 1 aliphatic carbocycles. The van der Waals surface area contributed by atoms with Crippen molar-refractivity contribution in [3.05, 3.63) is 38.9 Å². The van der Waals surface area contributed by atoms with Crippen molar-refractivity contribution in [1.82, 2.24) is 5.32 Å². The molecule has 1 atom stereocenters. The highest BCUT2D eigenvalue weighted by atomic mass is 35.5. The molecule has 1 aliphatic rings. The largest absolute Gasteiger partial charge is 0.310 e. The maximum Gasteiger partial charge on any atom is 0.269 e. The van der Waals surface area contributed by atoms with Gasteiger partial charge in [-0.3, -0.25) is 10.1 Å². The molecule has 0 aromatic heterocycles. The Kier molecular flexibility index (Phi) is 5.38. The van der Waals surface area contributed by atoms with Crippen LogP contribution in [0.3, 0.4) is 0 Å². The summed E-state index contributed by atoms with van der Waals surface area (Å²) < 4.78 is 0. The van der Waals surface area contributed by atoms with Gasteiger partial charge < -0.3 is 5.32 Å². The first-order valence-corrected chi connectivity index (χ1v) is 7.62. The van der Waals surface area contributed by atoms with Crippen LogP contribution in [-0.4, -0.2) is 11.0 Å². The molecule has 0 unspecified atom stereocenters. The van der Waals surface area contributed by atoms with Gasteiger partial charge in [-0.05, 0) is 37.3 Å². The average molecular weight is 297 g/mol. The van der Waals surface area contributed by atoms with E-state index < -0.39 is 0 Å². The molecule has 0 aliphatic heterocycles. The second kappa shape index (κ2) is 7.04. The van der Waals surface area contributed by atoms with Crippen molar-refractivity contribution in [2.75, 3.05) is 0 Å². The molecular weight excluding hydrogens is 276 g/mol. The maximum atomic E-state index is 10.8. The molecule has 0 bridgehead atoms. The van der Waals surface area contributed by atoms with E-state index in [1.54, 1.807) is 12.1 Å². The minimum Gasteiger partial charge on any atom is -0.310 e. The first kappa shape index (κ1) is 15.3. The third kappa shape index (κ3) is 3.93. The van der Waals surface area contributed by atoms with Crippen LogP contribution in [0.15, 0.2) is 18.2 Å². The van der Waals surface area contributed by atoms with Crippen LogP contribution in [0.2, 0.25) is 5.02 Å². The highest BCUT2D eigenvalue weighted by Crippen LogP contribution is 2.27. The van der Waals surface area contributed by atoms with Crippen molar-refractivity contribution in [3.8, 4) is 0 Å². The number of non-ortho nitro benzene ring substituents is 1. The van der Waals surface area contributed by atoms with Crippen molar-refractivity contribution in [3.63, 3.8) is 0 Å². The first-order chi connectivity index (χ1) is 9.58. The van der Waals surface area contributed by atoms with Crippen LogP contribution < -0.4 is 5.32 Å². The lowest BCUT2D eigenvalue weighted by Crippen LogP contribution is -2.34. The molecule has 0 spiro atoms. The molecule has 0 amide bonds. The summed E-state index contributed by atoms with van der Waals surface area (Å²) in [4.78, 5) is 10.4. The third-order valence-corrected chi connectivity index (χ3v) is 4.58. The highest BCUT2D eigenvalue weighted by molar-refractivity contribution is 6.31. The van der Waals surface area contributed by atoms with E-state index >= 15 is 0 Å². The van der Waals surface area contributed by atoms with Crippen molar-refractivity contribution in [2.45, 2.75) is 51.6 Å². The number of nitro benzene ring substituents is 1. The molecule has 20 heavy (non-hydrogen) atoms. The van der Waals surface area contributed by atoms with Crippen LogP contribution in [-0.2, 0) is 6.54 Å². The minimum atomic E-state index is -0.385. The molecule has 1 fully saturated rings. The van der Waals surface area contributed by atoms with Crippen molar-refractivity contribution in [2.24, 2.45) is 5.92 Å². The Labute approximate surface area is 124 Å². The summed E-state index contributed by atoms with van der Waals surface area (Å²) in [6, 6.07) is 5.02. The smallest absolute Gasteiger partial charge is 0.269 e. The fraction of sp³-hybridized carbons (Fsp3) is 0.600. The molecule has 5 heteroatoms. The second-order valence-corrected chi connectivity index (χ2v) is 6.01. The van der Waals surface area contributed by atoms with E-state index in [4.69, 9.17) is 11.6 Å². The summed E-state index contributed by atoms with van der Waals surface area (Å²) in [6.45, 7) is 2.78. The van der Waals surface area contributed by atoms with Crippen molar-refractivity contribution in [1.29, 1.82) is 0 Å². The van der Waals surface area contributed by atoms with Gasteiger partial charge in [-0.25, -0.2) is 0 Å². The maximum absolute atomic E-state index is 10.8. The molecule has 0 radical (unpaired) electrons. The van der Waals surface area contributed by atoms with Gasteiger partial charge in [0.1, 0.15) is 0 Å². The molecule has 0 heterocycles. The number of halogens is 1. The van der Waals surface area contributed by atoms with Gasteiger partial charge in [0.2, 0.25) is 0 Å². The van der Waals surface area contributed by atoms with E-state index in [0.29, 0.717) is 23.5 Å². The normalized spacial score (nSPS) is 17.9. The molecule has 1 N–H and O–H groups in total. The van der Waals surface area contributed by atoms with Gasteiger partial charge in [0, 0.05) is 29.7 Å². The molecule has 1 aromatic carbocycles. The number of rotatable bonds is 5. The van der Waals surface area contributed by atoms with E-state index in [0.717, 1.165) is 5.56 Å². The average Bonchev–Trinajstić information content (AvgIpc) is 2.46. The lowest BCUT2D eigenvalue weighted by atomic mass is 9.84. The van der Waals surface area contributed by atoms with Crippen LogP contribution in [0.25, 0.3) is 0 Å². The standard InChI is InChI=1S/C15H21ClN2O2/c1-11(12-5-3-2-4-6-12)17-10-13-9-14(18(19)20)7-8-15(13)16/h7-9,11-12,17H,2-6,10H2,1H3/t11-/m1/s1. The molecule has 2 rings (SSSR count). The van der Waals surface area contributed by atoms with Crippen molar-refractivity contribution >= 4 is 17.3 Å². The second-order valence-electron chi connectivity index (χ2n) is 5.60. The monoisotopic (exact) mass is 296 g/mol. The van der Waals surface area contributed by atoms with E-state index in [1.807, 2.05) is 0 Å². The Morgan fingerprint density at radius 3 is 2.75 bits per heavy atom. The van der Waals surface area contributed by atoms with Crippen LogP contribution in [0.4, 0.5) is 5.69 Å². The fourth-order valence-corrected chi connectivity index (χ4v) is 3.07. The zero-order valence-electron chi connectivity index (χ0n) is 11.8. The van der Waals surface area contributed by atoms with Gasteiger partial charge in [0.25, 0.3) is 5.69 Å². The van der Waals surface area contributed by atoms with Crippen molar-refractivity contribution < 1.29 is 4.92 Å². The summed E-state index contributed by atoms with van der Waals surface area (Å²) in [5.41, 5.74) is 0.889. The molecule has 110 valence electrons. The van der Waals surface area contributed by atoms with Gasteiger partial charge in [0.05, 0.1) is 4.92 Å². The predicted molar refractivity (Wildman–Crippen MR) is 81.0 cm³/mol. The quantitative estimate of drug-likeness (QED) is 0.651. The number of benzene rings is 1. The van der Waals surface area contributed by atoms with E-state index in [-0.39, 0.29) is 10.6 Å². The summed E-state index contributed by atoms with van der Waals surface area (Å²) in [7, 11) is 0. The zero-order valence-corrected chi connectivity index (χ0v) is 12.5. The van der Waals surface area contributed by atoms with Crippen LogP contribution in [0.1, 0.15) is 44.6 Å². The highest BCUT2D eigenvalue weighted by Gasteiger charge is 2.20. The summed E-state index contributed by atoms with van der Waals surface area (Å²) in [5.74, 6) is 0.709. The molecular formula is C15H21ClN2O2. The van der Waals surface area contributed by atoms with E-state index in [1.165, 1.54) is 38.2 Å². The summed E-state index contributed by atoms with van der Waals surface area (Å²) in [6.07, 6.45) is 6.52. The number of nitrogens with zero attached hydrogens (tertiary/aromatic N) is 1. The number of hydrogen-bond donors (Lipinski definition) is 1. The van der Waals surface area contributed by atoms with Crippen LogP contribution >= 0.6 is 11.6 Å². The molecule has 0 saturated heterocycles. The van der Waals surface area contributed by atoms with Gasteiger partial charge in [-0.15, -0.1) is 0 Å². The Morgan fingerprint density at radius 1 is 1.40 bits per heavy atom. The first-order valence-electron chi connectivity index (χ1n) is 7.24. The van der Waals surface area contributed by atoms with Gasteiger partial charge >= 0.3 is 0 Å². The third-order valence-electron chi connectivity index (χ3n) is 4.21. The summed E-state index contributed by atoms with van der Waals surface area (Å²) in [5, 5.41) is 14.8. The molecule has 1 aromatic rings. The molecule has 1 saturated carbocycles. The Bertz CT molecular complexity index is 473. The topological polar surface area (TPSA) is 55.2 Å².